The Kier molecular flexibility index (Phi) is 8.35. The zero-order valence-corrected chi connectivity index (χ0v) is 24.9. The number of halogens is 1. The second-order valence-electron chi connectivity index (χ2n) is 11.5. The van der Waals surface area contributed by atoms with Crippen molar-refractivity contribution < 1.29 is 23.4 Å². The van der Waals surface area contributed by atoms with E-state index in [-0.39, 0.29) is 34.4 Å². The van der Waals surface area contributed by atoms with Crippen molar-refractivity contribution in [2.24, 2.45) is 5.41 Å². The second kappa shape index (κ2) is 12.1. The summed E-state index contributed by atoms with van der Waals surface area (Å²) in [6, 6.07) is 13.9. The van der Waals surface area contributed by atoms with Crippen molar-refractivity contribution >= 4 is 16.8 Å². The Balaban J connectivity index is 1.47. The number of likely N-dealkylation sites (tertiary alicyclic amines) is 1. The number of piperidine rings is 1. The number of ether oxygens (including phenoxy) is 3. The molecule has 0 N–H and O–H groups in total. The summed E-state index contributed by atoms with van der Waals surface area (Å²) in [6.07, 6.45) is 6.69. The van der Waals surface area contributed by atoms with Gasteiger partial charge in [0.15, 0.2) is 17.2 Å². The number of hydrogen-bond donors (Lipinski definition) is 0. The van der Waals surface area contributed by atoms with E-state index in [1.807, 2.05) is 37.6 Å². The van der Waals surface area contributed by atoms with Gasteiger partial charge in [-0.3, -0.25) is 14.5 Å². The van der Waals surface area contributed by atoms with Crippen molar-refractivity contribution in [1.82, 2.24) is 19.7 Å². The quantitative estimate of drug-likeness (QED) is 0.176. The fourth-order valence-electron chi connectivity index (χ4n) is 5.30. The van der Waals surface area contributed by atoms with Gasteiger partial charge in [-0.1, -0.05) is 32.9 Å². The zero-order valence-electron chi connectivity index (χ0n) is 24.9. The zero-order chi connectivity index (χ0) is 30.7. The van der Waals surface area contributed by atoms with Crippen molar-refractivity contribution in [1.29, 1.82) is 5.26 Å². The third kappa shape index (κ3) is 6.16. The maximum absolute atomic E-state index is 14.6. The summed E-state index contributed by atoms with van der Waals surface area (Å²) in [7, 11) is 2.99. The van der Waals surface area contributed by atoms with Gasteiger partial charge in [0, 0.05) is 24.8 Å². The lowest BCUT2D eigenvalue weighted by molar-refractivity contribution is -0.128. The highest BCUT2D eigenvalue weighted by Gasteiger charge is 2.30. The highest BCUT2D eigenvalue weighted by atomic mass is 19.1. The summed E-state index contributed by atoms with van der Waals surface area (Å²) in [6.45, 7) is 6.86. The van der Waals surface area contributed by atoms with E-state index < -0.39 is 5.82 Å². The number of carbonyl (C=O) groups is 1. The molecule has 2 aromatic heterocycles. The van der Waals surface area contributed by atoms with Crippen LogP contribution < -0.4 is 14.2 Å². The van der Waals surface area contributed by atoms with Gasteiger partial charge in [-0.2, -0.15) is 14.8 Å². The number of pyridine rings is 1. The number of nitriles is 1. The lowest BCUT2D eigenvalue weighted by Crippen LogP contribution is -2.41. The summed E-state index contributed by atoms with van der Waals surface area (Å²) in [5, 5.41) is 15.5. The van der Waals surface area contributed by atoms with Crippen LogP contribution in [0.5, 0.6) is 23.0 Å². The molecule has 1 unspecified atom stereocenters. The Morgan fingerprint density at radius 1 is 1.07 bits per heavy atom. The van der Waals surface area contributed by atoms with Gasteiger partial charge in [-0.15, -0.1) is 0 Å². The Morgan fingerprint density at radius 3 is 2.47 bits per heavy atom. The van der Waals surface area contributed by atoms with Gasteiger partial charge < -0.3 is 19.1 Å². The normalized spacial score (nSPS) is 15.7. The van der Waals surface area contributed by atoms with Crippen LogP contribution in [-0.2, 0) is 4.79 Å². The molecule has 1 amide bonds. The first-order chi connectivity index (χ1) is 20.6. The first-order valence-electron chi connectivity index (χ1n) is 14.1. The molecule has 4 aromatic rings. The van der Waals surface area contributed by atoms with Gasteiger partial charge >= 0.3 is 0 Å². The van der Waals surface area contributed by atoms with Crippen LogP contribution in [0.25, 0.3) is 22.2 Å². The third-order valence-corrected chi connectivity index (χ3v) is 7.26. The van der Waals surface area contributed by atoms with Crippen molar-refractivity contribution in [2.75, 3.05) is 27.3 Å². The largest absolute Gasteiger partial charge is 0.494 e. The van der Waals surface area contributed by atoms with Gasteiger partial charge in [-0.05, 0) is 54.7 Å². The predicted molar refractivity (Wildman–Crippen MR) is 161 cm³/mol. The second-order valence-corrected chi connectivity index (χ2v) is 11.5. The molecular formula is C33H34FN5O4. The van der Waals surface area contributed by atoms with Crippen LogP contribution in [0.15, 0.2) is 66.5 Å². The minimum atomic E-state index is -0.576. The molecule has 1 atom stereocenters. The Morgan fingerprint density at radius 2 is 1.79 bits per heavy atom. The van der Waals surface area contributed by atoms with Gasteiger partial charge in [0.1, 0.15) is 28.6 Å². The van der Waals surface area contributed by atoms with Gasteiger partial charge in [-0.25, -0.2) is 0 Å². The molecule has 222 valence electrons. The summed E-state index contributed by atoms with van der Waals surface area (Å²) < 4.78 is 33.1. The summed E-state index contributed by atoms with van der Waals surface area (Å²) in [5.41, 5.74) is 2.12. The van der Waals surface area contributed by atoms with Crippen molar-refractivity contribution in [3.05, 3.63) is 72.3 Å². The van der Waals surface area contributed by atoms with Crippen molar-refractivity contribution in [2.45, 2.75) is 39.7 Å². The first kappa shape index (κ1) is 29.6. The van der Waals surface area contributed by atoms with Gasteiger partial charge in [0.2, 0.25) is 5.82 Å². The number of methoxy groups -OCH3 is 2. The molecule has 5 rings (SSSR count). The topological polar surface area (TPSA) is 102 Å². The van der Waals surface area contributed by atoms with Crippen LogP contribution in [0.2, 0.25) is 0 Å². The molecule has 2 aromatic carbocycles. The van der Waals surface area contributed by atoms with Gasteiger partial charge in [0.25, 0.3) is 5.91 Å². The number of allylic oxidation sites excluding steroid dienone is 1. The van der Waals surface area contributed by atoms with Crippen LogP contribution in [0.1, 0.15) is 39.7 Å². The molecule has 43 heavy (non-hydrogen) atoms. The van der Waals surface area contributed by atoms with E-state index in [9.17, 15) is 14.4 Å². The molecule has 1 saturated heterocycles. The molecule has 0 spiro atoms. The maximum atomic E-state index is 14.6. The minimum absolute atomic E-state index is 0.0593. The molecule has 0 radical (unpaired) electrons. The number of amides is 1. The summed E-state index contributed by atoms with van der Waals surface area (Å²) in [4.78, 5) is 19.5. The third-order valence-electron chi connectivity index (χ3n) is 7.26. The minimum Gasteiger partial charge on any atom is -0.494 e. The number of aromatic nitrogens is 3. The Hall–Kier alpha value is -4.91. The average Bonchev–Trinajstić information content (AvgIpc) is 3.40. The fraction of sp³-hybridized carbons (Fsp3) is 0.333. The molecule has 1 aliphatic heterocycles. The van der Waals surface area contributed by atoms with E-state index in [1.165, 1.54) is 19.2 Å². The van der Waals surface area contributed by atoms with E-state index in [2.05, 4.69) is 11.1 Å². The number of fused-ring (bicyclic) bond motifs is 1. The van der Waals surface area contributed by atoms with Gasteiger partial charge in [0.05, 0.1) is 31.8 Å². The average molecular weight is 584 g/mol. The van der Waals surface area contributed by atoms with Crippen LogP contribution in [0.4, 0.5) is 4.39 Å². The first-order valence-corrected chi connectivity index (χ1v) is 14.1. The summed E-state index contributed by atoms with van der Waals surface area (Å²) >= 11 is 0. The van der Waals surface area contributed by atoms with Crippen LogP contribution >= 0.6 is 0 Å². The predicted octanol–water partition coefficient (Wildman–Crippen LogP) is 6.71. The van der Waals surface area contributed by atoms with E-state index in [0.29, 0.717) is 30.3 Å². The number of rotatable bonds is 7. The monoisotopic (exact) mass is 583 g/mol. The molecular weight excluding hydrogens is 549 g/mol. The number of benzene rings is 2. The number of carbonyl (C=O) groups excluding carboxylic acids is 1. The van der Waals surface area contributed by atoms with E-state index >= 15 is 0 Å². The SMILES string of the molecule is COc1cccc(Oc2ccc(-c3nn(C4CCCN(C(=O)/C(C#N)=C/C(C)(C)C)C4)c4c(OC)cncc34)cc2)c1F. The number of nitrogens with zero attached hydrogens (tertiary/aromatic N) is 5. The Labute approximate surface area is 250 Å². The van der Waals surface area contributed by atoms with E-state index in [1.54, 1.807) is 48.7 Å². The van der Waals surface area contributed by atoms with Crippen LogP contribution in [-0.4, -0.2) is 52.9 Å². The smallest absolute Gasteiger partial charge is 0.264 e. The van der Waals surface area contributed by atoms with Crippen molar-refractivity contribution in [3.63, 3.8) is 0 Å². The molecule has 0 saturated carbocycles. The molecule has 1 aliphatic rings. The molecule has 9 nitrogen and oxygen atoms in total. The molecule has 10 heteroatoms. The Bertz CT molecular complexity index is 1720. The molecule has 0 bridgehead atoms. The van der Waals surface area contributed by atoms with E-state index in [4.69, 9.17) is 19.3 Å². The number of hydrogen-bond acceptors (Lipinski definition) is 7. The van der Waals surface area contributed by atoms with Crippen molar-refractivity contribution in [3.8, 4) is 40.3 Å². The maximum Gasteiger partial charge on any atom is 0.264 e. The summed E-state index contributed by atoms with van der Waals surface area (Å²) in [5.74, 6) is 0.337. The molecule has 3 heterocycles. The highest BCUT2D eigenvalue weighted by Crippen LogP contribution is 2.38. The molecule has 0 aliphatic carbocycles. The van der Waals surface area contributed by atoms with E-state index in [0.717, 1.165) is 29.3 Å². The molecule has 1 fully saturated rings. The highest BCUT2D eigenvalue weighted by molar-refractivity contribution is 5.98. The fourth-order valence-corrected chi connectivity index (χ4v) is 5.30. The standard InChI is InChI=1S/C33H34FN5O4/c1-33(2,3)16-22(17-35)32(40)38-15-7-8-23(20-38)39-31-25(18-36-19-28(31)42-5)30(37-39)21-11-13-24(14-12-21)43-27-10-6-9-26(41-4)29(27)34/h6,9-14,16,18-19,23H,7-8,15,20H2,1-5H3/b22-16+. The van der Waals surface area contributed by atoms with Crippen LogP contribution in [0.3, 0.4) is 0 Å². The lowest BCUT2D eigenvalue weighted by Gasteiger charge is -2.33. The lowest BCUT2D eigenvalue weighted by atomic mass is 9.93. The van der Waals surface area contributed by atoms with Crippen LogP contribution in [0, 0.1) is 22.6 Å².